The second kappa shape index (κ2) is 11.0. The number of esters is 1. The molecule has 8 heteroatoms. The maximum absolute atomic E-state index is 11.9. The second-order valence-electron chi connectivity index (χ2n) is 7.83. The van der Waals surface area contributed by atoms with E-state index in [0.29, 0.717) is 12.5 Å². The number of guanidine groups is 1. The molecular formula is C21H34N4O4. The molecule has 0 spiro atoms. The van der Waals surface area contributed by atoms with Gasteiger partial charge in [-0.15, -0.1) is 0 Å². The van der Waals surface area contributed by atoms with Crippen molar-refractivity contribution in [2.75, 3.05) is 53.6 Å². The van der Waals surface area contributed by atoms with Gasteiger partial charge < -0.3 is 24.8 Å². The zero-order valence-corrected chi connectivity index (χ0v) is 18.2. The van der Waals surface area contributed by atoms with Crippen molar-refractivity contribution in [1.29, 1.82) is 0 Å². The minimum atomic E-state index is -0.508. The maximum Gasteiger partial charge on any atom is 0.325 e. The van der Waals surface area contributed by atoms with Crippen LogP contribution in [0.1, 0.15) is 32.4 Å². The molecule has 1 atom stereocenters. The van der Waals surface area contributed by atoms with Gasteiger partial charge >= 0.3 is 5.97 Å². The van der Waals surface area contributed by atoms with Gasteiger partial charge in [-0.2, -0.15) is 0 Å². The van der Waals surface area contributed by atoms with E-state index in [2.05, 4.69) is 32.7 Å². The van der Waals surface area contributed by atoms with E-state index in [9.17, 15) is 4.79 Å². The molecule has 1 heterocycles. The molecule has 1 saturated heterocycles. The van der Waals surface area contributed by atoms with Gasteiger partial charge in [0.25, 0.3) is 0 Å². The summed E-state index contributed by atoms with van der Waals surface area (Å²) in [5.74, 6) is 1.07. The van der Waals surface area contributed by atoms with Crippen molar-refractivity contribution >= 4 is 11.9 Å². The number of ether oxygens (including phenoxy) is 3. The molecule has 0 saturated carbocycles. The van der Waals surface area contributed by atoms with Gasteiger partial charge in [0.2, 0.25) is 0 Å². The summed E-state index contributed by atoms with van der Waals surface area (Å²) >= 11 is 0. The van der Waals surface area contributed by atoms with Crippen molar-refractivity contribution < 1.29 is 19.0 Å². The van der Waals surface area contributed by atoms with Crippen molar-refractivity contribution in [2.45, 2.75) is 32.4 Å². The lowest BCUT2D eigenvalue weighted by molar-refractivity contribution is -0.153. The number of carbonyl (C=O) groups is 1. The standard InChI is InChI=1S/C21H34N4O4/c1-21(2,3)29-19(26)15-24-20(22-4)23-14-18(25-10-12-28-13-11-25)16-6-8-17(27-5)9-7-16/h6-9,18H,10-15H2,1-5H3,(H2,22,23,24). The third kappa shape index (κ3) is 7.91. The van der Waals surface area contributed by atoms with Crippen LogP contribution in [-0.2, 0) is 14.3 Å². The summed E-state index contributed by atoms with van der Waals surface area (Å²) in [6.45, 7) is 9.41. The molecule has 1 fully saturated rings. The molecule has 1 aliphatic heterocycles. The van der Waals surface area contributed by atoms with Gasteiger partial charge in [0.15, 0.2) is 5.96 Å². The van der Waals surface area contributed by atoms with Crippen molar-refractivity contribution in [2.24, 2.45) is 4.99 Å². The quantitative estimate of drug-likeness (QED) is 0.404. The Labute approximate surface area is 173 Å². The average Bonchev–Trinajstić information content (AvgIpc) is 2.70. The number of nitrogens with one attached hydrogen (secondary N) is 2. The fourth-order valence-electron chi connectivity index (χ4n) is 3.12. The zero-order chi connectivity index (χ0) is 21.3. The lowest BCUT2D eigenvalue weighted by atomic mass is 10.0. The molecule has 0 amide bonds. The fraction of sp³-hybridized carbons (Fsp3) is 0.619. The molecule has 8 nitrogen and oxygen atoms in total. The van der Waals surface area contributed by atoms with Gasteiger partial charge in [0.05, 0.1) is 26.4 Å². The van der Waals surface area contributed by atoms with E-state index in [1.807, 2.05) is 32.9 Å². The van der Waals surface area contributed by atoms with Crippen LogP contribution in [0.5, 0.6) is 5.75 Å². The monoisotopic (exact) mass is 406 g/mol. The summed E-state index contributed by atoms with van der Waals surface area (Å²) in [7, 11) is 3.35. The number of aliphatic imine (C=N–C) groups is 1. The fourth-order valence-corrected chi connectivity index (χ4v) is 3.12. The molecule has 162 valence electrons. The van der Waals surface area contributed by atoms with Gasteiger partial charge in [0, 0.05) is 26.7 Å². The van der Waals surface area contributed by atoms with Crippen LogP contribution in [0.3, 0.4) is 0 Å². The number of morpholine rings is 1. The first kappa shape index (κ1) is 23.0. The van der Waals surface area contributed by atoms with Crippen molar-refractivity contribution in [3.8, 4) is 5.75 Å². The Bertz CT molecular complexity index is 664. The second-order valence-corrected chi connectivity index (χ2v) is 7.83. The maximum atomic E-state index is 11.9. The Morgan fingerprint density at radius 1 is 1.21 bits per heavy atom. The normalized spacial score (nSPS) is 16.8. The van der Waals surface area contributed by atoms with E-state index >= 15 is 0 Å². The largest absolute Gasteiger partial charge is 0.497 e. The number of hydrogen-bond donors (Lipinski definition) is 2. The molecule has 2 rings (SSSR count). The van der Waals surface area contributed by atoms with E-state index in [-0.39, 0.29) is 18.6 Å². The first-order valence-electron chi connectivity index (χ1n) is 9.94. The number of rotatable bonds is 7. The SMILES string of the molecule is CN=C(NCC(=O)OC(C)(C)C)NCC(c1ccc(OC)cc1)N1CCOCC1. The van der Waals surface area contributed by atoms with E-state index < -0.39 is 5.60 Å². The first-order chi connectivity index (χ1) is 13.8. The highest BCUT2D eigenvalue weighted by atomic mass is 16.6. The van der Waals surface area contributed by atoms with Crippen LogP contribution in [0, 0.1) is 0 Å². The van der Waals surface area contributed by atoms with Gasteiger partial charge in [-0.05, 0) is 38.5 Å². The summed E-state index contributed by atoms with van der Waals surface area (Å²) in [4.78, 5) is 18.6. The Hall–Kier alpha value is -2.32. The van der Waals surface area contributed by atoms with Crippen LogP contribution in [0.15, 0.2) is 29.3 Å². The zero-order valence-electron chi connectivity index (χ0n) is 18.2. The highest BCUT2D eigenvalue weighted by Gasteiger charge is 2.23. The minimum Gasteiger partial charge on any atom is -0.497 e. The molecule has 0 aromatic heterocycles. The van der Waals surface area contributed by atoms with E-state index in [1.165, 1.54) is 5.56 Å². The minimum absolute atomic E-state index is 0.0572. The third-order valence-corrected chi connectivity index (χ3v) is 4.49. The van der Waals surface area contributed by atoms with Crippen LogP contribution in [0.25, 0.3) is 0 Å². The molecular weight excluding hydrogens is 372 g/mol. The Balaban J connectivity index is 1.98. The van der Waals surface area contributed by atoms with Crippen molar-refractivity contribution in [1.82, 2.24) is 15.5 Å². The Kier molecular flexibility index (Phi) is 8.72. The van der Waals surface area contributed by atoms with E-state index in [1.54, 1.807) is 14.2 Å². The number of methoxy groups -OCH3 is 1. The number of nitrogens with zero attached hydrogens (tertiary/aromatic N) is 2. The summed E-state index contributed by atoms with van der Waals surface area (Å²) in [6.07, 6.45) is 0. The van der Waals surface area contributed by atoms with Crippen LogP contribution < -0.4 is 15.4 Å². The summed E-state index contributed by atoms with van der Waals surface area (Å²) in [5, 5.41) is 6.35. The van der Waals surface area contributed by atoms with Crippen LogP contribution >= 0.6 is 0 Å². The van der Waals surface area contributed by atoms with Gasteiger partial charge in [-0.1, -0.05) is 12.1 Å². The van der Waals surface area contributed by atoms with E-state index in [4.69, 9.17) is 14.2 Å². The topological polar surface area (TPSA) is 84.4 Å². The summed E-state index contributed by atoms with van der Waals surface area (Å²) in [6, 6.07) is 8.25. The number of hydrogen-bond acceptors (Lipinski definition) is 6. The lowest BCUT2D eigenvalue weighted by Gasteiger charge is -2.35. The molecule has 29 heavy (non-hydrogen) atoms. The predicted molar refractivity (Wildman–Crippen MR) is 113 cm³/mol. The summed E-state index contributed by atoms with van der Waals surface area (Å²) in [5.41, 5.74) is 0.675. The molecule has 1 aromatic carbocycles. The molecule has 2 N–H and O–H groups in total. The number of carbonyl (C=O) groups excluding carboxylic acids is 1. The molecule has 1 aromatic rings. The van der Waals surface area contributed by atoms with Gasteiger partial charge in [-0.25, -0.2) is 0 Å². The first-order valence-corrected chi connectivity index (χ1v) is 9.94. The van der Waals surface area contributed by atoms with Crippen LogP contribution in [0.4, 0.5) is 0 Å². The Morgan fingerprint density at radius 3 is 2.41 bits per heavy atom. The van der Waals surface area contributed by atoms with Crippen molar-refractivity contribution in [3.05, 3.63) is 29.8 Å². The van der Waals surface area contributed by atoms with E-state index in [0.717, 1.165) is 32.1 Å². The highest BCUT2D eigenvalue weighted by molar-refractivity contribution is 5.84. The van der Waals surface area contributed by atoms with Crippen LogP contribution in [-0.4, -0.2) is 76.0 Å². The molecule has 0 radical (unpaired) electrons. The average molecular weight is 407 g/mol. The summed E-state index contributed by atoms with van der Waals surface area (Å²) < 4.78 is 16.1. The molecule has 0 aliphatic carbocycles. The van der Waals surface area contributed by atoms with Gasteiger partial charge in [-0.3, -0.25) is 14.7 Å². The lowest BCUT2D eigenvalue weighted by Crippen LogP contribution is -2.47. The van der Waals surface area contributed by atoms with Gasteiger partial charge in [0.1, 0.15) is 17.9 Å². The van der Waals surface area contributed by atoms with Crippen molar-refractivity contribution in [3.63, 3.8) is 0 Å². The molecule has 1 aliphatic rings. The number of benzene rings is 1. The third-order valence-electron chi connectivity index (χ3n) is 4.49. The predicted octanol–water partition coefficient (Wildman–Crippen LogP) is 1.58. The smallest absolute Gasteiger partial charge is 0.325 e. The highest BCUT2D eigenvalue weighted by Crippen LogP contribution is 2.23. The molecule has 0 bridgehead atoms. The Morgan fingerprint density at radius 2 is 1.86 bits per heavy atom. The molecule has 1 unspecified atom stereocenters. The van der Waals surface area contributed by atoms with Crippen LogP contribution in [0.2, 0.25) is 0 Å².